The summed E-state index contributed by atoms with van der Waals surface area (Å²) in [5.41, 5.74) is 4.69. The maximum atomic E-state index is 6.43. The van der Waals surface area contributed by atoms with E-state index in [1.807, 2.05) is 0 Å². The normalized spacial score (nSPS) is 19.4. The summed E-state index contributed by atoms with van der Waals surface area (Å²) in [6.07, 6.45) is 0. The van der Waals surface area contributed by atoms with E-state index in [0.717, 1.165) is 66.2 Å². The van der Waals surface area contributed by atoms with Crippen molar-refractivity contribution in [2.45, 2.75) is 77.8 Å². The topological polar surface area (TPSA) is 59.7 Å². The first-order valence-corrected chi connectivity index (χ1v) is 17.5. The number of pyridine rings is 1. The standard InChI is InChI=1S/C41H41B2N3O4/c1-38(2)39(3,4)48-42(47-38)26-20-22-34-30(24-26)28-14-9-11-16-32(28)45(34)36-18-13-19-37(44-36)46-33-17-12-10-15-29(33)31-25-27(21-23-35(31)46)43-49-40(5,6)41(7,8)50-43/h9-25H,1-8H3. The van der Waals surface area contributed by atoms with E-state index in [-0.39, 0.29) is 0 Å². The highest BCUT2D eigenvalue weighted by Crippen LogP contribution is 2.39. The third-order valence-corrected chi connectivity index (χ3v) is 11.6. The zero-order valence-corrected chi connectivity index (χ0v) is 29.9. The van der Waals surface area contributed by atoms with Crippen molar-refractivity contribution in [3.63, 3.8) is 0 Å². The Morgan fingerprint density at radius 1 is 0.420 bits per heavy atom. The molecule has 0 N–H and O–H groups in total. The molecule has 9 heteroatoms. The van der Waals surface area contributed by atoms with E-state index < -0.39 is 36.6 Å². The van der Waals surface area contributed by atoms with Crippen molar-refractivity contribution in [3.8, 4) is 11.6 Å². The molecule has 0 spiro atoms. The van der Waals surface area contributed by atoms with Gasteiger partial charge in [0.05, 0.1) is 44.5 Å². The Labute approximate surface area is 293 Å². The summed E-state index contributed by atoms with van der Waals surface area (Å²) in [4.78, 5) is 5.36. The number of rotatable bonds is 4. The van der Waals surface area contributed by atoms with Crippen LogP contribution in [0.15, 0.2) is 103 Å². The Morgan fingerprint density at radius 3 is 1.18 bits per heavy atom. The molecule has 9 rings (SSSR count). The van der Waals surface area contributed by atoms with Crippen molar-refractivity contribution in [3.05, 3.63) is 103 Å². The lowest BCUT2D eigenvalue weighted by Gasteiger charge is -2.32. The molecular formula is C41H41B2N3O4. The molecule has 7 nitrogen and oxygen atoms in total. The van der Waals surface area contributed by atoms with Crippen LogP contribution in [0.25, 0.3) is 55.2 Å². The van der Waals surface area contributed by atoms with Gasteiger partial charge in [-0.05, 0) is 103 Å². The van der Waals surface area contributed by atoms with E-state index in [9.17, 15) is 0 Å². The molecule has 2 aliphatic heterocycles. The van der Waals surface area contributed by atoms with Crippen molar-refractivity contribution >= 4 is 68.8 Å². The van der Waals surface area contributed by atoms with E-state index >= 15 is 0 Å². The predicted molar refractivity (Wildman–Crippen MR) is 204 cm³/mol. The molecule has 0 unspecified atom stereocenters. The highest BCUT2D eigenvalue weighted by atomic mass is 16.7. The van der Waals surface area contributed by atoms with E-state index in [4.69, 9.17) is 23.6 Å². The highest BCUT2D eigenvalue weighted by molar-refractivity contribution is 6.63. The first kappa shape index (κ1) is 31.6. The van der Waals surface area contributed by atoms with Gasteiger partial charge >= 0.3 is 14.2 Å². The van der Waals surface area contributed by atoms with Crippen molar-refractivity contribution in [2.24, 2.45) is 0 Å². The molecule has 7 aromatic rings. The summed E-state index contributed by atoms with van der Waals surface area (Å²) >= 11 is 0. The molecule has 4 aromatic carbocycles. The van der Waals surface area contributed by atoms with Crippen molar-refractivity contribution in [2.75, 3.05) is 0 Å². The molecule has 0 aliphatic carbocycles. The largest absolute Gasteiger partial charge is 0.494 e. The quantitative estimate of drug-likeness (QED) is 0.180. The van der Waals surface area contributed by atoms with E-state index in [1.165, 1.54) is 0 Å². The molecule has 0 amide bonds. The molecule has 0 atom stereocenters. The van der Waals surface area contributed by atoms with Crippen LogP contribution in [0.3, 0.4) is 0 Å². The minimum absolute atomic E-state index is 0.411. The molecule has 0 bridgehead atoms. The van der Waals surface area contributed by atoms with Gasteiger partial charge in [-0.3, -0.25) is 9.13 Å². The number of aromatic nitrogens is 3. The number of hydrogen-bond acceptors (Lipinski definition) is 5. The molecule has 5 heterocycles. The van der Waals surface area contributed by atoms with Crippen LogP contribution in [0, 0.1) is 0 Å². The maximum Gasteiger partial charge on any atom is 0.494 e. The fourth-order valence-corrected chi connectivity index (χ4v) is 7.39. The Bertz CT molecular complexity index is 2290. The van der Waals surface area contributed by atoms with Crippen molar-refractivity contribution < 1.29 is 18.6 Å². The number of benzene rings is 4. The predicted octanol–water partition coefficient (Wildman–Crippen LogP) is 7.87. The second-order valence-corrected chi connectivity index (χ2v) is 15.8. The van der Waals surface area contributed by atoms with Gasteiger partial charge in [0.25, 0.3) is 0 Å². The smallest absolute Gasteiger partial charge is 0.399 e. The molecule has 2 fully saturated rings. The van der Waals surface area contributed by atoms with Crippen LogP contribution < -0.4 is 10.9 Å². The van der Waals surface area contributed by atoms with Gasteiger partial charge in [-0.1, -0.05) is 66.7 Å². The van der Waals surface area contributed by atoms with Gasteiger partial charge in [-0.2, -0.15) is 0 Å². The first-order chi connectivity index (χ1) is 23.7. The van der Waals surface area contributed by atoms with Gasteiger partial charge in [0.2, 0.25) is 0 Å². The van der Waals surface area contributed by atoms with Crippen LogP contribution >= 0.6 is 0 Å². The Morgan fingerprint density at radius 2 is 0.780 bits per heavy atom. The summed E-state index contributed by atoms with van der Waals surface area (Å²) in [7, 11) is -0.873. The lowest BCUT2D eigenvalue weighted by Crippen LogP contribution is -2.41. The average molecular weight is 661 g/mol. The minimum atomic E-state index is -0.437. The summed E-state index contributed by atoms with van der Waals surface area (Å²) in [6.45, 7) is 16.7. The lowest BCUT2D eigenvalue weighted by molar-refractivity contribution is 0.00578. The molecule has 2 saturated heterocycles. The highest BCUT2D eigenvalue weighted by Gasteiger charge is 2.52. The summed E-state index contributed by atoms with van der Waals surface area (Å²) in [6, 6.07) is 36.3. The van der Waals surface area contributed by atoms with Gasteiger partial charge < -0.3 is 18.6 Å². The second-order valence-electron chi connectivity index (χ2n) is 15.8. The van der Waals surface area contributed by atoms with Crippen molar-refractivity contribution in [1.82, 2.24) is 14.1 Å². The van der Waals surface area contributed by atoms with Gasteiger partial charge in [-0.15, -0.1) is 0 Å². The van der Waals surface area contributed by atoms with Crippen molar-refractivity contribution in [1.29, 1.82) is 0 Å². The molecule has 250 valence electrons. The van der Waals surface area contributed by atoms with Crippen LogP contribution in [-0.2, 0) is 18.6 Å². The van der Waals surface area contributed by atoms with Gasteiger partial charge in [0, 0.05) is 21.5 Å². The molecular weight excluding hydrogens is 620 g/mol. The van der Waals surface area contributed by atoms with Crippen LogP contribution in [0.1, 0.15) is 55.4 Å². The number of nitrogens with zero attached hydrogens (tertiary/aromatic N) is 3. The van der Waals surface area contributed by atoms with E-state index in [2.05, 4.69) is 168 Å². The van der Waals surface area contributed by atoms with Crippen LogP contribution in [0.2, 0.25) is 0 Å². The van der Waals surface area contributed by atoms with Gasteiger partial charge in [0.15, 0.2) is 0 Å². The lowest BCUT2D eigenvalue weighted by atomic mass is 9.78. The zero-order chi connectivity index (χ0) is 34.8. The molecule has 2 aliphatic rings. The third-order valence-electron chi connectivity index (χ3n) is 11.6. The SMILES string of the molecule is CC1(C)OB(c2ccc3c(c2)c2ccccc2n3-c2cccc(-n3c4ccccc4c4cc(B5OC(C)(C)C(C)(C)O5)ccc43)n2)OC1(C)C. The fraction of sp³-hybridized carbons (Fsp3) is 0.293. The fourth-order valence-electron chi connectivity index (χ4n) is 7.39. The Kier molecular flexibility index (Phi) is 6.67. The van der Waals surface area contributed by atoms with Crippen LogP contribution in [0.4, 0.5) is 0 Å². The number of para-hydroxylation sites is 2. The number of fused-ring (bicyclic) bond motifs is 6. The monoisotopic (exact) mass is 661 g/mol. The molecule has 0 saturated carbocycles. The zero-order valence-electron chi connectivity index (χ0n) is 29.9. The third kappa shape index (κ3) is 4.57. The van der Waals surface area contributed by atoms with Crippen LogP contribution in [0.5, 0.6) is 0 Å². The summed E-state index contributed by atoms with van der Waals surface area (Å²) < 4.78 is 30.2. The Balaban J connectivity index is 1.17. The molecule has 50 heavy (non-hydrogen) atoms. The van der Waals surface area contributed by atoms with Gasteiger partial charge in [0.1, 0.15) is 11.6 Å². The Hall–Kier alpha value is -4.40. The van der Waals surface area contributed by atoms with Gasteiger partial charge in [-0.25, -0.2) is 4.98 Å². The minimum Gasteiger partial charge on any atom is -0.399 e. The summed E-state index contributed by atoms with van der Waals surface area (Å²) in [5.74, 6) is 1.69. The number of hydrogen-bond donors (Lipinski definition) is 0. The second kappa shape index (κ2) is 10.6. The summed E-state index contributed by atoms with van der Waals surface area (Å²) in [5, 5.41) is 4.57. The van der Waals surface area contributed by atoms with E-state index in [0.29, 0.717) is 0 Å². The van der Waals surface area contributed by atoms with E-state index in [1.54, 1.807) is 0 Å². The van der Waals surface area contributed by atoms with Crippen LogP contribution in [-0.4, -0.2) is 50.8 Å². The maximum absolute atomic E-state index is 6.43. The first-order valence-electron chi connectivity index (χ1n) is 17.5. The average Bonchev–Trinajstić information content (AvgIpc) is 3.73. The molecule has 0 radical (unpaired) electrons. The molecule has 3 aromatic heterocycles.